The Kier molecular flexibility index (Phi) is 7.49. The summed E-state index contributed by atoms with van der Waals surface area (Å²) in [7, 11) is 0. The lowest BCUT2D eigenvalue weighted by atomic mass is 9.97. The molecule has 50 heavy (non-hydrogen) atoms. The van der Waals surface area contributed by atoms with Gasteiger partial charge in [0.15, 0.2) is 5.82 Å². The minimum atomic E-state index is 0.702. The summed E-state index contributed by atoms with van der Waals surface area (Å²) in [5, 5.41) is 4.83. The summed E-state index contributed by atoms with van der Waals surface area (Å²) < 4.78 is 0. The van der Waals surface area contributed by atoms with Crippen LogP contribution in [-0.4, -0.2) is 15.0 Å². The largest absolute Gasteiger partial charge is 0.263 e. The van der Waals surface area contributed by atoms with E-state index in [0.29, 0.717) is 5.82 Å². The van der Waals surface area contributed by atoms with Crippen LogP contribution in [0.25, 0.3) is 88.8 Å². The number of fused-ring (bicyclic) bond motifs is 2. The van der Waals surface area contributed by atoms with Gasteiger partial charge in [-0.1, -0.05) is 170 Å². The van der Waals surface area contributed by atoms with Gasteiger partial charge in [0.25, 0.3) is 0 Å². The fraction of sp³-hybridized carbons (Fsp3) is 0. The van der Waals surface area contributed by atoms with Gasteiger partial charge in [0.2, 0.25) is 0 Å². The zero-order chi connectivity index (χ0) is 33.3. The van der Waals surface area contributed by atoms with Gasteiger partial charge in [-0.05, 0) is 50.0 Å². The van der Waals surface area contributed by atoms with Gasteiger partial charge in [0.1, 0.15) is 0 Å². The van der Waals surface area contributed by atoms with E-state index in [1.807, 2.05) is 30.6 Å². The minimum Gasteiger partial charge on any atom is -0.263 e. The van der Waals surface area contributed by atoms with Crippen LogP contribution in [0.2, 0.25) is 0 Å². The Balaban J connectivity index is 1.04. The monoisotopic (exact) mass is 637 g/mol. The van der Waals surface area contributed by atoms with Gasteiger partial charge >= 0.3 is 0 Å². The first kappa shape index (κ1) is 29.4. The molecule has 0 bridgehead atoms. The molecular weight excluding hydrogens is 607 g/mol. The third-order valence-corrected chi connectivity index (χ3v) is 9.42. The lowest BCUT2D eigenvalue weighted by molar-refractivity contribution is 1.18. The molecule has 9 rings (SSSR count). The lowest BCUT2D eigenvalue weighted by Gasteiger charge is -2.11. The number of benzene rings is 7. The molecule has 0 saturated heterocycles. The van der Waals surface area contributed by atoms with Crippen molar-refractivity contribution in [2.24, 2.45) is 0 Å². The number of nitrogens with zero attached hydrogens (tertiary/aromatic N) is 3. The predicted molar refractivity (Wildman–Crippen MR) is 207 cm³/mol. The highest BCUT2D eigenvalue weighted by Crippen LogP contribution is 2.34. The number of aromatic nitrogens is 3. The second-order valence-electron chi connectivity index (χ2n) is 12.5. The Morgan fingerprint density at radius 1 is 0.300 bits per heavy atom. The van der Waals surface area contributed by atoms with Gasteiger partial charge in [-0.15, -0.1) is 0 Å². The molecule has 0 atom stereocenters. The Hall–Kier alpha value is -6.71. The number of hydrogen-bond donors (Lipinski definition) is 0. The van der Waals surface area contributed by atoms with Crippen LogP contribution < -0.4 is 0 Å². The first-order chi connectivity index (χ1) is 24.8. The maximum Gasteiger partial charge on any atom is 0.160 e. The first-order valence-corrected chi connectivity index (χ1v) is 16.8. The van der Waals surface area contributed by atoms with Crippen molar-refractivity contribution in [1.82, 2.24) is 15.0 Å². The van der Waals surface area contributed by atoms with Gasteiger partial charge in [-0.3, -0.25) is 4.98 Å². The number of rotatable bonds is 6. The van der Waals surface area contributed by atoms with E-state index in [-0.39, 0.29) is 0 Å². The summed E-state index contributed by atoms with van der Waals surface area (Å²) >= 11 is 0. The summed E-state index contributed by atoms with van der Waals surface area (Å²) in [4.78, 5) is 14.6. The molecule has 0 spiro atoms. The zero-order valence-electron chi connectivity index (χ0n) is 27.2. The van der Waals surface area contributed by atoms with E-state index in [0.717, 1.165) is 55.7 Å². The molecule has 0 unspecified atom stereocenters. The van der Waals surface area contributed by atoms with Gasteiger partial charge in [-0.25, -0.2) is 9.97 Å². The summed E-state index contributed by atoms with van der Waals surface area (Å²) in [6.45, 7) is 0. The second-order valence-corrected chi connectivity index (χ2v) is 12.5. The SMILES string of the molecule is c1ccc(-c2cc(-c3ccc(-c4ccc(-c5cncc6ccccc56)cc4)cc3)nc(-c3ccc(-c4cccc5ccccc45)cc3)n2)cc1. The highest BCUT2D eigenvalue weighted by atomic mass is 14.9. The molecule has 7 aromatic carbocycles. The molecule has 9 aromatic rings. The highest BCUT2D eigenvalue weighted by molar-refractivity contribution is 5.97. The van der Waals surface area contributed by atoms with Crippen molar-refractivity contribution in [2.75, 3.05) is 0 Å². The van der Waals surface area contributed by atoms with Crippen LogP contribution in [0, 0.1) is 0 Å². The molecule has 0 aliphatic rings. The van der Waals surface area contributed by atoms with Crippen LogP contribution in [0.15, 0.2) is 188 Å². The fourth-order valence-electron chi connectivity index (χ4n) is 6.78. The second kappa shape index (κ2) is 12.7. The molecule has 234 valence electrons. The summed E-state index contributed by atoms with van der Waals surface area (Å²) in [6, 6.07) is 61.8. The average molecular weight is 638 g/mol. The van der Waals surface area contributed by atoms with Crippen LogP contribution in [0.4, 0.5) is 0 Å². The summed E-state index contributed by atoms with van der Waals surface area (Å²) in [6.07, 6.45) is 3.87. The molecule has 0 aliphatic heterocycles. The molecule has 2 aromatic heterocycles. The molecule has 0 radical (unpaired) electrons. The van der Waals surface area contributed by atoms with Crippen molar-refractivity contribution in [3.63, 3.8) is 0 Å². The van der Waals surface area contributed by atoms with Crippen LogP contribution in [0.3, 0.4) is 0 Å². The topological polar surface area (TPSA) is 38.7 Å². The molecule has 0 amide bonds. The van der Waals surface area contributed by atoms with Gasteiger partial charge in [0.05, 0.1) is 11.4 Å². The Morgan fingerprint density at radius 2 is 0.780 bits per heavy atom. The third kappa shape index (κ3) is 5.61. The van der Waals surface area contributed by atoms with E-state index in [1.54, 1.807) is 0 Å². The van der Waals surface area contributed by atoms with E-state index in [1.165, 1.54) is 27.3 Å². The summed E-state index contributed by atoms with van der Waals surface area (Å²) in [5.41, 5.74) is 11.9. The maximum atomic E-state index is 5.11. The lowest BCUT2D eigenvalue weighted by Crippen LogP contribution is -1.96. The predicted octanol–water partition coefficient (Wildman–Crippen LogP) is 12.2. The smallest absolute Gasteiger partial charge is 0.160 e. The maximum absolute atomic E-state index is 5.11. The Morgan fingerprint density at radius 3 is 1.46 bits per heavy atom. The van der Waals surface area contributed by atoms with E-state index in [4.69, 9.17) is 9.97 Å². The molecule has 0 fully saturated rings. The third-order valence-electron chi connectivity index (χ3n) is 9.42. The molecule has 3 nitrogen and oxygen atoms in total. The first-order valence-electron chi connectivity index (χ1n) is 16.8. The summed E-state index contributed by atoms with van der Waals surface area (Å²) in [5.74, 6) is 0.702. The number of pyridine rings is 1. The minimum absolute atomic E-state index is 0.702. The van der Waals surface area contributed by atoms with Crippen molar-refractivity contribution < 1.29 is 0 Å². The highest BCUT2D eigenvalue weighted by Gasteiger charge is 2.12. The van der Waals surface area contributed by atoms with Crippen molar-refractivity contribution >= 4 is 21.5 Å². The molecule has 0 saturated carbocycles. The average Bonchev–Trinajstić information content (AvgIpc) is 3.21. The van der Waals surface area contributed by atoms with Gasteiger partial charge in [-0.2, -0.15) is 0 Å². The van der Waals surface area contributed by atoms with E-state index in [2.05, 4.69) is 163 Å². The van der Waals surface area contributed by atoms with E-state index < -0.39 is 0 Å². The number of hydrogen-bond acceptors (Lipinski definition) is 3. The Labute approximate surface area is 291 Å². The molecule has 0 aliphatic carbocycles. The molecule has 3 heteroatoms. The zero-order valence-corrected chi connectivity index (χ0v) is 27.2. The van der Waals surface area contributed by atoms with Crippen LogP contribution in [-0.2, 0) is 0 Å². The van der Waals surface area contributed by atoms with Crippen molar-refractivity contribution in [3.8, 4) is 67.3 Å². The Bertz CT molecular complexity index is 2600. The molecular formula is C47H31N3. The molecule has 0 N–H and O–H groups in total. The quantitative estimate of drug-likeness (QED) is 0.182. The van der Waals surface area contributed by atoms with Gasteiger partial charge < -0.3 is 0 Å². The van der Waals surface area contributed by atoms with E-state index >= 15 is 0 Å². The van der Waals surface area contributed by atoms with Crippen molar-refractivity contribution in [2.45, 2.75) is 0 Å². The standard InChI is InChI=1S/C47H31N3/c1-2-10-37(11-3-1)45-29-46(50-47(49-45)39-27-23-35(24-28-39)42-16-8-13-34-9-4-6-14-41(34)42)38-25-19-33(20-26-38)32-17-21-36(22-18-32)44-31-48-30-40-12-5-7-15-43(40)44/h1-31H. The van der Waals surface area contributed by atoms with Crippen LogP contribution >= 0.6 is 0 Å². The normalized spacial score (nSPS) is 11.2. The van der Waals surface area contributed by atoms with E-state index in [9.17, 15) is 0 Å². The van der Waals surface area contributed by atoms with Crippen molar-refractivity contribution in [1.29, 1.82) is 0 Å². The van der Waals surface area contributed by atoms with Crippen LogP contribution in [0.1, 0.15) is 0 Å². The van der Waals surface area contributed by atoms with Crippen molar-refractivity contribution in [3.05, 3.63) is 188 Å². The fourth-order valence-corrected chi connectivity index (χ4v) is 6.78. The van der Waals surface area contributed by atoms with Gasteiger partial charge in [0, 0.05) is 40.0 Å². The molecule has 2 heterocycles. The van der Waals surface area contributed by atoms with Crippen LogP contribution in [0.5, 0.6) is 0 Å².